The summed E-state index contributed by atoms with van der Waals surface area (Å²) in [4.78, 5) is 24.8. The van der Waals surface area contributed by atoms with Crippen molar-refractivity contribution in [2.75, 3.05) is 13.6 Å². The number of hydrogen-bond donors (Lipinski definition) is 0. The molecule has 0 radical (unpaired) electrons. The third-order valence-corrected chi connectivity index (χ3v) is 8.46. The van der Waals surface area contributed by atoms with E-state index in [-0.39, 0.29) is 6.04 Å². The maximum Gasteiger partial charge on any atom is 0.184 e. The molecule has 2 fully saturated rings. The monoisotopic (exact) mass is 468 g/mol. The van der Waals surface area contributed by atoms with Crippen molar-refractivity contribution >= 4 is 28.4 Å². The minimum Gasteiger partial charge on any atom is -0.359 e. The Labute approximate surface area is 197 Å². The molecule has 3 atom stereocenters. The molecule has 1 saturated heterocycles. The first-order valence-electron chi connectivity index (χ1n) is 12.1. The van der Waals surface area contributed by atoms with Crippen LogP contribution in [0.4, 0.5) is 0 Å². The van der Waals surface area contributed by atoms with Gasteiger partial charge in [0, 0.05) is 24.2 Å². The molecular formula is C24H29ClN6O2. The summed E-state index contributed by atoms with van der Waals surface area (Å²) in [6.45, 7) is 3.27. The Morgan fingerprint density at radius 1 is 1.21 bits per heavy atom. The van der Waals surface area contributed by atoms with Crippen LogP contribution >= 0.6 is 11.6 Å². The van der Waals surface area contributed by atoms with E-state index in [1.807, 2.05) is 4.68 Å². The number of fused-ring (bicyclic) bond motifs is 3. The van der Waals surface area contributed by atoms with Gasteiger partial charge >= 0.3 is 0 Å². The van der Waals surface area contributed by atoms with Gasteiger partial charge in [0.05, 0.1) is 16.8 Å². The molecule has 0 amide bonds. The quantitative estimate of drug-likeness (QED) is 0.558. The van der Waals surface area contributed by atoms with Crippen LogP contribution < -0.4 is 0 Å². The SMILES string of the molecule is C[C@@H]([C@@H]1CCCN1C)n1nc(Cl)c2cnc(-c3noc4c3CCC[C@@]43CCCCC3=O)nc21. The summed E-state index contributed by atoms with van der Waals surface area (Å²) in [5, 5.41) is 10.2. The fourth-order valence-electron chi connectivity index (χ4n) is 6.36. The predicted molar refractivity (Wildman–Crippen MR) is 124 cm³/mol. The van der Waals surface area contributed by atoms with E-state index in [4.69, 9.17) is 21.1 Å². The van der Waals surface area contributed by atoms with Gasteiger partial charge in [0.1, 0.15) is 5.78 Å². The van der Waals surface area contributed by atoms with Gasteiger partial charge in [-0.1, -0.05) is 23.2 Å². The van der Waals surface area contributed by atoms with Gasteiger partial charge in [-0.3, -0.25) is 4.79 Å². The molecule has 1 aliphatic heterocycles. The van der Waals surface area contributed by atoms with Gasteiger partial charge in [-0.2, -0.15) is 5.10 Å². The molecule has 6 rings (SSSR count). The Kier molecular flexibility index (Phi) is 5.07. The molecule has 0 aromatic carbocycles. The van der Waals surface area contributed by atoms with Crippen molar-refractivity contribution in [3.8, 4) is 11.5 Å². The Balaban J connectivity index is 1.43. The average molecular weight is 469 g/mol. The lowest BCUT2D eigenvalue weighted by Crippen LogP contribution is -2.41. The van der Waals surface area contributed by atoms with Crippen LogP contribution in [0.25, 0.3) is 22.6 Å². The van der Waals surface area contributed by atoms with Crippen LogP contribution in [-0.2, 0) is 16.6 Å². The zero-order valence-corrected chi connectivity index (χ0v) is 19.9. The van der Waals surface area contributed by atoms with Crippen LogP contribution in [-0.4, -0.2) is 55.2 Å². The van der Waals surface area contributed by atoms with Gasteiger partial charge in [-0.25, -0.2) is 14.6 Å². The molecule has 2 aliphatic carbocycles. The molecule has 174 valence electrons. The van der Waals surface area contributed by atoms with E-state index in [0.717, 1.165) is 68.2 Å². The predicted octanol–water partition coefficient (Wildman–Crippen LogP) is 4.51. The summed E-state index contributed by atoms with van der Waals surface area (Å²) in [6.07, 6.45) is 10.2. The third kappa shape index (κ3) is 3.17. The fourth-order valence-corrected chi connectivity index (χ4v) is 6.58. The molecular weight excluding hydrogens is 440 g/mol. The van der Waals surface area contributed by atoms with Crippen LogP contribution in [0.5, 0.6) is 0 Å². The minimum atomic E-state index is -0.506. The van der Waals surface area contributed by atoms with Crippen LogP contribution in [0, 0.1) is 0 Å². The topological polar surface area (TPSA) is 89.9 Å². The summed E-state index contributed by atoms with van der Waals surface area (Å²) in [5.41, 5.74) is 1.86. The number of carbonyl (C=O) groups is 1. The van der Waals surface area contributed by atoms with Gasteiger partial charge in [-0.15, -0.1) is 0 Å². The highest BCUT2D eigenvalue weighted by molar-refractivity contribution is 6.34. The van der Waals surface area contributed by atoms with Crippen LogP contribution in [0.2, 0.25) is 5.15 Å². The number of Topliss-reactive ketones (excluding diaryl/α,β-unsaturated/α-hetero) is 1. The van der Waals surface area contributed by atoms with Crippen molar-refractivity contribution in [3.05, 3.63) is 22.7 Å². The van der Waals surface area contributed by atoms with Crippen molar-refractivity contribution < 1.29 is 9.32 Å². The van der Waals surface area contributed by atoms with Gasteiger partial charge in [0.25, 0.3) is 0 Å². The first-order valence-corrected chi connectivity index (χ1v) is 12.5. The van der Waals surface area contributed by atoms with E-state index in [1.165, 1.54) is 6.42 Å². The molecule has 3 aromatic rings. The first-order chi connectivity index (χ1) is 16.0. The molecule has 4 heterocycles. The van der Waals surface area contributed by atoms with E-state index in [2.05, 4.69) is 34.1 Å². The van der Waals surface area contributed by atoms with Gasteiger partial charge in [0.2, 0.25) is 0 Å². The first kappa shape index (κ1) is 21.2. The molecule has 1 saturated carbocycles. The Morgan fingerprint density at radius 3 is 2.85 bits per heavy atom. The molecule has 0 unspecified atom stereocenters. The maximum absolute atomic E-state index is 13.0. The number of aromatic nitrogens is 5. The molecule has 0 N–H and O–H groups in total. The highest BCUT2D eigenvalue weighted by atomic mass is 35.5. The van der Waals surface area contributed by atoms with Crippen molar-refractivity contribution in [2.45, 2.75) is 82.2 Å². The molecule has 1 spiro atoms. The smallest absolute Gasteiger partial charge is 0.184 e. The normalized spacial score (nSPS) is 26.9. The van der Waals surface area contributed by atoms with E-state index in [9.17, 15) is 4.79 Å². The van der Waals surface area contributed by atoms with Gasteiger partial charge < -0.3 is 9.42 Å². The standard InChI is InChI=1S/C24H29ClN6O2/c1-14(17-8-6-12-30(17)2)31-23-16(21(25)28-31)13-26-22(27-23)19-15-7-5-11-24(20(15)33-29-19)10-4-3-9-18(24)32/h13-14,17H,3-12H2,1-2H3/t14-,17-,24+/m0/s1. The molecule has 8 nitrogen and oxygen atoms in total. The fraction of sp³-hybridized carbons (Fsp3) is 0.625. The highest BCUT2D eigenvalue weighted by Gasteiger charge is 2.48. The van der Waals surface area contributed by atoms with E-state index < -0.39 is 5.41 Å². The number of likely N-dealkylation sites (N-methyl/N-ethyl adjacent to an activating group) is 1. The zero-order valence-electron chi connectivity index (χ0n) is 19.2. The summed E-state index contributed by atoms with van der Waals surface area (Å²) in [7, 11) is 2.16. The highest BCUT2D eigenvalue weighted by Crippen LogP contribution is 2.47. The van der Waals surface area contributed by atoms with Crippen molar-refractivity contribution in [2.24, 2.45) is 0 Å². The van der Waals surface area contributed by atoms with E-state index in [0.29, 0.717) is 40.6 Å². The number of rotatable bonds is 3. The second-order valence-electron chi connectivity index (χ2n) is 10.0. The number of nitrogens with zero attached hydrogens (tertiary/aromatic N) is 6. The van der Waals surface area contributed by atoms with Gasteiger partial charge in [-0.05, 0) is 65.5 Å². The number of likely N-dealkylation sites (tertiary alicyclic amines) is 1. The zero-order chi connectivity index (χ0) is 22.7. The maximum atomic E-state index is 13.0. The molecule has 9 heteroatoms. The average Bonchev–Trinajstić information content (AvgIpc) is 3.53. The van der Waals surface area contributed by atoms with E-state index in [1.54, 1.807) is 6.20 Å². The number of halogens is 1. The lowest BCUT2D eigenvalue weighted by Gasteiger charge is -2.36. The van der Waals surface area contributed by atoms with Crippen molar-refractivity contribution in [1.29, 1.82) is 0 Å². The van der Waals surface area contributed by atoms with Crippen LogP contribution in [0.15, 0.2) is 10.7 Å². The second kappa shape index (κ2) is 7.87. The lowest BCUT2D eigenvalue weighted by molar-refractivity contribution is -0.128. The summed E-state index contributed by atoms with van der Waals surface area (Å²) in [5.74, 6) is 1.57. The minimum absolute atomic E-state index is 0.129. The van der Waals surface area contributed by atoms with Crippen molar-refractivity contribution in [1.82, 2.24) is 29.8 Å². The van der Waals surface area contributed by atoms with Crippen LogP contribution in [0.3, 0.4) is 0 Å². The largest absolute Gasteiger partial charge is 0.359 e. The molecule has 33 heavy (non-hydrogen) atoms. The second-order valence-corrected chi connectivity index (χ2v) is 10.4. The number of carbonyl (C=O) groups excluding carboxylic acids is 1. The summed E-state index contributed by atoms with van der Waals surface area (Å²) < 4.78 is 7.83. The number of ketones is 1. The molecule has 0 bridgehead atoms. The molecule has 3 aromatic heterocycles. The van der Waals surface area contributed by atoms with Gasteiger partial charge in [0.15, 0.2) is 28.1 Å². The third-order valence-electron chi connectivity index (χ3n) is 8.18. The molecule has 3 aliphatic rings. The Morgan fingerprint density at radius 2 is 2.06 bits per heavy atom. The van der Waals surface area contributed by atoms with E-state index >= 15 is 0 Å². The number of hydrogen-bond acceptors (Lipinski definition) is 7. The Bertz CT molecular complexity index is 1240. The summed E-state index contributed by atoms with van der Waals surface area (Å²) >= 11 is 6.47. The lowest BCUT2D eigenvalue weighted by atomic mass is 9.64. The summed E-state index contributed by atoms with van der Waals surface area (Å²) in [6, 6.07) is 0.518. The van der Waals surface area contributed by atoms with Crippen LogP contribution in [0.1, 0.15) is 75.7 Å². The van der Waals surface area contributed by atoms with Crippen molar-refractivity contribution in [3.63, 3.8) is 0 Å². The Hall–Kier alpha value is -2.32.